The molecule has 0 unspecified atom stereocenters. The molecule has 3 aromatic heterocycles. The lowest BCUT2D eigenvalue weighted by molar-refractivity contribution is -0.138. The molecule has 0 aromatic carbocycles. The summed E-state index contributed by atoms with van der Waals surface area (Å²) in [6.07, 6.45) is -3.29. The fourth-order valence-corrected chi connectivity index (χ4v) is 3.96. The summed E-state index contributed by atoms with van der Waals surface area (Å²) >= 11 is 7.83. The molecular formula is C18H10ClF3N4OS2. The zero-order valence-electron chi connectivity index (χ0n) is 14.3. The first-order valence-electron chi connectivity index (χ1n) is 7.89. The highest BCUT2D eigenvalue weighted by molar-refractivity contribution is 8.00. The quantitative estimate of drug-likeness (QED) is 0.408. The Morgan fingerprint density at radius 1 is 1.34 bits per heavy atom. The molecule has 0 bridgehead atoms. The summed E-state index contributed by atoms with van der Waals surface area (Å²) in [5.74, 6) is -0.788. The third-order valence-electron chi connectivity index (χ3n) is 3.55. The molecule has 3 heterocycles. The summed E-state index contributed by atoms with van der Waals surface area (Å²) in [5, 5.41) is 13.4. The molecule has 0 saturated carbocycles. The van der Waals surface area contributed by atoms with E-state index in [-0.39, 0.29) is 27.3 Å². The number of nitrogens with one attached hydrogen (secondary N) is 1. The van der Waals surface area contributed by atoms with Crippen LogP contribution in [0.4, 0.5) is 18.9 Å². The van der Waals surface area contributed by atoms with Crippen LogP contribution in [0.25, 0.3) is 10.6 Å². The minimum atomic E-state index is -4.74. The highest BCUT2D eigenvalue weighted by Gasteiger charge is 2.36. The molecule has 0 aliphatic heterocycles. The van der Waals surface area contributed by atoms with E-state index in [1.807, 2.05) is 0 Å². The Kier molecular flexibility index (Phi) is 6.42. The predicted molar refractivity (Wildman–Crippen MR) is 106 cm³/mol. The van der Waals surface area contributed by atoms with Gasteiger partial charge in [0.2, 0.25) is 5.91 Å². The Morgan fingerprint density at radius 2 is 2.14 bits per heavy atom. The summed E-state index contributed by atoms with van der Waals surface area (Å²) in [6.45, 7) is 0. The average Bonchev–Trinajstić information content (AvgIpc) is 3.21. The molecule has 0 atom stereocenters. The van der Waals surface area contributed by atoms with Crippen LogP contribution in [0.3, 0.4) is 0 Å². The zero-order valence-corrected chi connectivity index (χ0v) is 16.7. The zero-order chi connectivity index (χ0) is 21.0. The van der Waals surface area contributed by atoms with Crippen molar-refractivity contribution in [3.05, 3.63) is 58.2 Å². The normalized spacial score (nSPS) is 11.1. The molecule has 0 spiro atoms. The van der Waals surface area contributed by atoms with Crippen molar-refractivity contribution in [1.82, 2.24) is 9.97 Å². The second kappa shape index (κ2) is 8.82. The van der Waals surface area contributed by atoms with E-state index in [1.165, 1.54) is 23.6 Å². The fraction of sp³-hybridized carbons (Fsp3) is 0.111. The Bertz CT molecular complexity index is 1080. The molecule has 3 aromatic rings. The minimum Gasteiger partial charge on any atom is -0.323 e. The van der Waals surface area contributed by atoms with Crippen LogP contribution in [0.15, 0.2) is 46.9 Å². The van der Waals surface area contributed by atoms with Gasteiger partial charge in [0.1, 0.15) is 11.1 Å². The number of thioether (sulfide) groups is 1. The van der Waals surface area contributed by atoms with Crippen LogP contribution >= 0.6 is 34.7 Å². The van der Waals surface area contributed by atoms with Crippen LogP contribution in [0.1, 0.15) is 11.1 Å². The lowest BCUT2D eigenvalue weighted by Crippen LogP contribution is -2.15. The van der Waals surface area contributed by atoms with Gasteiger partial charge in [0.15, 0.2) is 5.15 Å². The molecule has 0 radical (unpaired) electrons. The van der Waals surface area contributed by atoms with Crippen molar-refractivity contribution in [2.75, 3.05) is 11.1 Å². The molecule has 0 fully saturated rings. The highest BCUT2D eigenvalue weighted by Crippen LogP contribution is 2.38. The second-order valence-electron chi connectivity index (χ2n) is 5.50. The van der Waals surface area contributed by atoms with Gasteiger partial charge in [-0.15, -0.1) is 11.3 Å². The first-order valence-corrected chi connectivity index (χ1v) is 10.1. The Labute approximate surface area is 176 Å². The Balaban J connectivity index is 1.89. The molecule has 1 amide bonds. The summed E-state index contributed by atoms with van der Waals surface area (Å²) in [4.78, 5) is 20.7. The van der Waals surface area contributed by atoms with Gasteiger partial charge in [-0.3, -0.25) is 4.79 Å². The van der Waals surface area contributed by atoms with Gasteiger partial charge in [-0.1, -0.05) is 29.4 Å². The molecule has 0 saturated heterocycles. The Hall–Kier alpha value is -2.61. The second-order valence-corrected chi connectivity index (χ2v) is 7.77. The number of nitriles is 1. The van der Waals surface area contributed by atoms with Gasteiger partial charge in [0.25, 0.3) is 0 Å². The van der Waals surface area contributed by atoms with Crippen molar-refractivity contribution < 1.29 is 18.0 Å². The first-order chi connectivity index (χ1) is 13.8. The molecule has 148 valence electrons. The molecule has 0 aliphatic rings. The fourth-order valence-electron chi connectivity index (χ4n) is 2.31. The standard InChI is InChI=1S/C18H10ClF3N4OS2/c19-16-12(3-1-5-24-16)25-15(27)9-29-17-10(8-23)11(18(20,21)22)7-13(26-17)14-4-2-6-28-14/h1-7H,9H2,(H,25,27). The van der Waals surface area contributed by atoms with E-state index >= 15 is 0 Å². The molecule has 1 N–H and O–H groups in total. The van der Waals surface area contributed by atoms with Crippen LogP contribution in [-0.4, -0.2) is 21.6 Å². The number of amides is 1. The van der Waals surface area contributed by atoms with E-state index in [1.54, 1.807) is 29.6 Å². The van der Waals surface area contributed by atoms with Gasteiger partial charge in [-0.05, 0) is 29.6 Å². The highest BCUT2D eigenvalue weighted by atomic mass is 35.5. The van der Waals surface area contributed by atoms with Gasteiger partial charge >= 0.3 is 6.18 Å². The number of carbonyl (C=O) groups excluding carboxylic acids is 1. The van der Waals surface area contributed by atoms with E-state index in [0.717, 1.165) is 17.8 Å². The van der Waals surface area contributed by atoms with Crippen LogP contribution in [-0.2, 0) is 11.0 Å². The van der Waals surface area contributed by atoms with Crippen molar-refractivity contribution in [3.8, 4) is 16.6 Å². The maximum Gasteiger partial charge on any atom is 0.417 e. The smallest absolute Gasteiger partial charge is 0.323 e. The minimum absolute atomic E-state index is 0.0840. The third kappa shape index (κ3) is 5.06. The summed E-state index contributed by atoms with van der Waals surface area (Å²) in [6, 6.07) is 8.84. The van der Waals surface area contributed by atoms with Crippen molar-refractivity contribution in [3.63, 3.8) is 0 Å². The van der Waals surface area contributed by atoms with E-state index < -0.39 is 23.2 Å². The lowest BCUT2D eigenvalue weighted by Gasteiger charge is -2.13. The molecule has 5 nitrogen and oxygen atoms in total. The van der Waals surface area contributed by atoms with Crippen molar-refractivity contribution >= 4 is 46.3 Å². The topological polar surface area (TPSA) is 78.7 Å². The van der Waals surface area contributed by atoms with Gasteiger partial charge in [0, 0.05) is 6.20 Å². The number of pyridine rings is 2. The number of hydrogen-bond donors (Lipinski definition) is 1. The van der Waals surface area contributed by atoms with Crippen LogP contribution in [0.2, 0.25) is 5.15 Å². The number of carbonyl (C=O) groups is 1. The maximum atomic E-state index is 13.5. The van der Waals surface area contributed by atoms with Gasteiger partial charge in [0.05, 0.1) is 33.1 Å². The summed E-state index contributed by atoms with van der Waals surface area (Å²) in [7, 11) is 0. The maximum absolute atomic E-state index is 13.5. The number of aromatic nitrogens is 2. The van der Waals surface area contributed by atoms with E-state index in [4.69, 9.17) is 11.6 Å². The number of thiophene rings is 1. The van der Waals surface area contributed by atoms with E-state index in [0.29, 0.717) is 4.88 Å². The summed E-state index contributed by atoms with van der Waals surface area (Å²) in [5.41, 5.74) is -1.34. The number of nitrogens with zero attached hydrogens (tertiary/aromatic N) is 3. The monoisotopic (exact) mass is 454 g/mol. The lowest BCUT2D eigenvalue weighted by atomic mass is 10.1. The van der Waals surface area contributed by atoms with Crippen LogP contribution < -0.4 is 5.32 Å². The molecule has 3 rings (SSSR count). The molecular weight excluding hydrogens is 445 g/mol. The van der Waals surface area contributed by atoms with Gasteiger partial charge in [-0.2, -0.15) is 18.4 Å². The predicted octanol–water partition coefficient (Wildman–Crippen LogP) is 5.48. The number of hydrogen-bond acceptors (Lipinski definition) is 6. The van der Waals surface area contributed by atoms with Crippen molar-refractivity contribution in [1.29, 1.82) is 5.26 Å². The van der Waals surface area contributed by atoms with Crippen molar-refractivity contribution in [2.24, 2.45) is 0 Å². The average molecular weight is 455 g/mol. The first kappa shape index (κ1) is 21.1. The third-order valence-corrected chi connectivity index (χ3v) is 5.72. The SMILES string of the molecule is N#Cc1c(C(F)(F)F)cc(-c2cccs2)nc1SCC(=O)Nc1cccnc1Cl. The number of rotatable bonds is 5. The molecule has 11 heteroatoms. The Morgan fingerprint density at radius 3 is 2.76 bits per heavy atom. The van der Waals surface area contributed by atoms with Crippen LogP contribution in [0, 0.1) is 11.3 Å². The van der Waals surface area contributed by atoms with Gasteiger partial charge < -0.3 is 5.32 Å². The number of anilines is 1. The van der Waals surface area contributed by atoms with E-state index in [9.17, 15) is 23.2 Å². The van der Waals surface area contributed by atoms with Gasteiger partial charge in [-0.25, -0.2) is 9.97 Å². The molecule has 29 heavy (non-hydrogen) atoms. The van der Waals surface area contributed by atoms with Crippen molar-refractivity contribution in [2.45, 2.75) is 11.2 Å². The number of alkyl halides is 3. The summed E-state index contributed by atoms with van der Waals surface area (Å²) < 4.78 is 40.4. The number of halogens is 4. The van der Waals surface area contributed by atoms with E-state index in [2.05, 4.69) is 15.3 Å². The van der Waals surface area contributed by atoms with Crippen LogP contribution in [0.5, 0.6) is 0 Å². The molecule has 0 aliphatic carbocycles. The largest absolute Gasteiger partial charge is 0.417 e.